The summed E-state index contributed by atoms with van der Waals surface area (Å²) in [5.41, 5.74) is 0. The summed E-state index contributed by atoms with van der Waals surface area (Å²) in [5, 5.41) is 221. The summed E-state index contributed by atoms with van der Waals surface area (Å²) in [4.78, 5) is 36.5. The SMILES string of the molecule is CC(=O)N[C@@H]1[C@H](O[C@@H]2C(CO)O[C@@H](C(C)C)[C@@H](NC(C)=O)C2O)OC(CO)C(O[C@@H]2OC(COC3OC(CO[C@H]4OC(C=O)CC(O)[C@H]4O)[C@@H](O)C(O[C@@H](O)C(O)C(O)[C@H](O)CCO)[C@H]3O)[C@@H](O)C(O[C@@H](O)C(O)C(O)[C@H](O)CCO)[C@H]2O)[C@H]1O. The number of aliphatic hydroxyl groups excluding tert-OH is 20. The summed E-state index contributed by atoms with van der Waals surface area (Å²) >= 11 is 0. The van der Waals surface area contributed by atoms with E-state index in [1.165, 1.54) is 6.92 Å². The molecule has 32 atom stereocenters. The molecule has 15 unspecified atom stereocenters. The van der Waals surface area contributed by atoms with Crippen LogP contribution in [0.2, 0.25) is 0 Å². The summed E-state index contributed by atoms with van der Waals surface area (Å²) in [6.45, 7) is 0.366. The van der Waals surface area contributed by atoms with Crippen LogP contribution in [0.1, 0.15) is 47.0 Å². The van der Waals surface area contributed by atoms with Gasteiger partial charge in [0.05, 0.1) is 56.9 Å². The number of carbonyl (C=O) groups excluding carboxylic acids is 3. The summed E-state index contributed by atoms with van der Waals surface area (Å²) in [5.74, 6) is -1.77. The fourth-order valence-electron chi connectivity index (χ4n) is 10.3. The molecule has 0 aromatic heterocycles. The predicted molar refractivity (Wildman–Crippen MR) is 269 cm³/mol. The maximum absolute atomic E-state index is 12.7. The summed E-state index contributed by atoms with van der Waals surface area (Å²) in [7, 11) is 0. The molecular weight excluding hydrogens is 1160 g/mol. The molecule has 22 N–H and O–H groups in total. The van der Waals surface area contributed by atoms with Crippen molar-refractivity contribution in [3.05, 3.63) is 0 Å². The van der Waals surface area contributed by atoms with Crippen molar-refractivity contribution in [3.63, 3.8) is 0 Å². The maximum atomic E-state index is 12.7. The summed E-state index contributed by atoms with van der Waals surface area (Å²) in [6, 6.07) is -2.91. The summed E-state index contributed by atoms with van der Waals surface area (Å²) in [6.07, 6.45) is -60.9. The zero-order valence-electron chi connectivity index (χ0n) is 46.7. The molecule has 0 bridgehead atoms. The van der Waals surface area contributed by atoms with E-state index in [9.17, 15) is 117 Å². The minimum atomic E-state index is -2.64. The minimum absolute atomic E-state index is 0.300. The van der Waals surface area contributed by atoms with E-state index in [1.807, 2.05) is 0 Å². The van der Waals surface area contributed by atoms with Gasteiger partial charge < -0.3 is 170 Å². The number of amides is 2. The van der Waals surface area contributed by atoms with E-state index in [1.54, 1.807) is 13.8 Å². The molecule has 5 heterocycles. The highest BCUT2D eigenvalue weighted by molar-refractivity contribution is 5.73. The molecule has 5 rings (SSSR count). The van der Waals surface area contributed by atoms with Crippen molar-refractivity contribution in [2.75, 3.05) is 39.6 Å². The van der Waals surface area contributed by atoms with Crippen LogP contribution in [0, 0.1) is 5.92 Å². The lowest BCUT2D eigenvalue weighted by molar-refractivity contribution is -0.376. The highest BCUT2D eigenvalue weighted by atomic mass is 16.8. The molecule has 0 aromatic rings. The predicted octanol–water partition coefficient (Wildman–Crippen LogP) is -13.1. The lowest BCUT2D eigenvalue weighted by atomic mass is 9.87. The number of ether oxygens (including phenoxy) is 11. The van der Waals surface area contributed by atoms with Gasteiger partial charge in [0, 0.05) is 33.5 Å². The molecule has 0 saturated carbocycles. The van der Waals surface area contributed by atoms with Crippen molar-refractivity contribution in [2.45, 2.75) is 243 Å². The molecule has 5 aliphatic heterocycles. The van der Waals surface area contributed by atoms with E-state index >= 15 is 0 Å². The minimum Gasteiger partial charge on any atom is -0.396 e. The van der Waals surface area contributed by atoms with E-state index in [4.69, 9.17) is 52.1 Å². The van der Waals surface area contributed by atoms with Crippen LogP contribution in [-0.4, -0.2) is 356 Å². The molecule has 0 aromatic carbocycles. The molecule has 36 heteroatoms. The number of aliphatic hydroxyl groups is 20. The number of nitrogens with one attached hydrogen (secondary N) is 2. The first-order valence-electron chi connectivity index (χ1n) is 27.5. The second-order valence-electron chi connectivity index (χ2n) is 21.7. The summed E-state index contributed by atoms with van der Waals surface area (Å²) < 4.78 is 63.4. The van der Waals surface area contributed by atoms with Crippen molar-refractivity contribution in [1.29, 1.82) is 0 Å². The van der Waals surface area contributed by atoms with E-state index < -0.39 is 261 Å². The molecule has 5 fully saturated rings. The molecule has 496 valence electrons. The van der Waals surface area contributed by atoms with Gasteiger partial charge in [-0.3, -0.25) is 9.59 Å². The highest BCUT2D eigenvalue weighted by Gasteiger charge is 2.57. The van der Waals surface area contributed by atoms with Crippen LogP contribution in [0.5, 0.6) is 0 Å². The highest BCUT2D eigenvalue weighted by Crippen LogP contribution is 2.36. The fourth-order valence-corrected chi connectivity index (χ4v) is 10.3. The second kappa shape index (κ2) is 33.4. The number of carbonyl (C=O) groups is 3. The van der Waals surface area contributed by atoms with E-state index in [0.717, 1.165) is 6.92 Å². The van der Waals surface area contributed by atoms with Crippen LogP contribution in [0.15, 0.2) is 0 Å². The third kappa shape index (κ3) is 18.3. The zero-order valence-corrected chi connectivity index (χ0v) is 46.7. The maximum Gasteiger partial charge on any atom is 0.217 e. The third-order valence-electron chi connectivity index (χ3n) is 15.0. The van der Waals surface area contributed by atoms with E-state index in [0.29, 0.717) is 6.29 Å². The van der Waals surface area contributed by atoms with Gasteiger partial charge >= 0.3 is 0 Å². The number of hydrogen-bond donors (Lipinski definition) is 22. The van der Waals surface area contributed by atoms with Gasteiger partial charge in [-0.2, -0.15) is 0 Å². The van der Waals surface area contributed by atoms with Gasteiger partial charge in [-0.15, -0.1) is 0 Å². The lowest BCUT2D eigenvalue weighted by Crippen LogP contribution is -2.70. The molecule has 2 amide bonds. The van der Waals surface area contributed by atoms with E-state index in [2.05, 4.69) is 10.6 Å². The Labute approximate surface area is 485 Å². The van der Waals surface area contributed by atoms with Gasteiger partial charge in [-0.1, -0.05) is 13.8 Å². The molecule has 0 radical (unpaired) electrons. The largest absolute Gasteiger partial charge is 0.396 e. The number of rotatable bonds is 30. The second-order valence-corrected chi connectivity index (χ2v) is 21.7. The van der Waals surface area contributed by atoms with Crippen molar-refractivity contribution in [1.82, 2.24) is 10.6 Å². The average molecular weight is 1250 g/mol. The topological polar surface area (TPSA) is 581 Å². The normalized spacial score (nSPS) is 41.2. The van der Waals surface area contributed by atoms with Gasteiger partial charge in [-0.05, 0) is 18.8 Å². The molecule has 5 saturated heterocycles. The Hall–Kier alpha value is -2.63. The van der Waals surface area contributed by atoms with Gasteiger partial charge in [0.2, 0.25) is 11.8 Å². The van der Waals surface area contributed by atoms with Gasteiger partial charge in [0.25, 0.3) is 0 Å². The lowest BCUT2D eigenvalue weighted by Gasteiger charge is -2.50. The van der Waals surface area contributed by atoms with Crippen molar-refractivity contribution in [3.8, 4) is 0 Å². The molecule has 36 nitrogen and oxygen atoms in total. The van der Waals surface area contributed by atoms with Crippen molar-refractivity contribution >= 4 is 18.1 Å². The van der Waals surface area contributed by atoms with Crippen LogP contribution in [-0.2, 0) is 66.5 Å². The Morgan fingerprint density at radius 2 is 0.918 bits per heavy atom. The third-order valence-corrected chi connectivity index (χ3v) is 15.0. The van der Waals surface area contributed by atoms with Crippen LogP contribution >= 0.6 is 0 Å². The first-order chi connectivity index (χ1) is 40.0. The zero-order chi connectivity index (χ0) is 63.5. The number of aldehydes is 1. The van der Waals surface area contributed by atoms with Gasteiger partial charge in [0.1, 0.15) is 134 Å². The Morgan fingerprint density at radius 1 is 0.506 bits per heavy atom. The van der Waals surface area contributed by atoms with Crippen molar-refractivity contribution < 1.29 is 169 Å². The van der Waals surface area contributed by atoms with Crippen LogP contribution < -0.4 is 10.6 Å². The molecule has 85 heavy (non-hydrogen) atoms. The quantitative estimate of drug-likeness (QED) is 0.0235. The fraction of sp³-hybridized carbons (Fsp3) is 0.939. The Kier molecular flexibility index (Phi) is 28.8. The van der Waals surface area contributed by atoms with Crippen LogP contribution in [0.25, 0.3) is 0 Å². The van der Waals surface area contributed by atoms with E-state index in [-0.39, 0.29) is 12.3 Å². The first kappa shape index (κ1) is 73.1. The standard InChI is InChI=1S/C49H86N2O34/c1-15(2)39-26(50-16(3)57)33(67)40(22(11-55)78-39)84-46-27(51-17(4)58)34(68)41(23(12-56)79-46)85-49-38(72)43(83-45(74)36(70)29(63)20(60)6-8-53)32(66)25(81-49)14-76-48-37(71)42(82-44(73)35(69)28(62)19(59)5-7-52)31(65)24(80-48)13-75-47-30(64)21(61)9-18(10-54)77-47/h10,15,18-49,52-53,55-56,59-74H,5-9,11-14H2,1-4H3,(H,50,57)(H,51,58)/t18?,19-,20-,21?,22?,23?,24?,25?,26+,27+,28?,29?,30-,31-,32-,33?,34+,35?,36?,37-,38-,39+,40-,41?,42?,43?,44-,45-,46+,47+,48?,49+/m1/s1. The molecule has 0 spiro atoms. The first-order valence-corrected chi connectivity index (χ1v) is 27.5. The molecular formula is C49H86N2O34. The molecule has 0 aliphatic carbocycles. The average Bonchev–Trinajstić information content (AvgIpc) is 1.69. The van der Waals surface area contributed by atoms with Gasteiger partial charge in [0.15, 0.2) is 37.7 Å². The number of hydrogen-bond acceptors (Lipinski definition) is 34. The van der Waals surface area contributed by atoms with Crippen LogP contribution in [0.4, 0.5) is 0 Å². The Bertz CT molecular complexity index is 2010. The van der Waals surface area contributed by atoms with Gasteiger partial charge in [-0.25, -0.2) is 0 Å². The molecule has 5 aliphatic rings. The monoisotopic (exact) mass is 1250 g/mol. The Morgan fingerprint density at radius 3 is 1.36 bits per heavy atom. The van der Waals surface area contributed by atoms with Crippen molar-refractivity contribution in [2.24, 2.45) is 5.92 Å². The van der Waals surface area contributed by atoms with Crippen LogP contribution in [0.3, 0.4) is 0 Å². The smallest absolute Gasteiger partial charge is 0.217 e. The Balaban J connectivity index is 1.47.